The molecule has 2 amide bonds. The highest BCUT2D eigenvalue weighted by Crippen LogP contribution is 2.24. The number of nitrogens with zero attached hydrogens (tertiary/aromatic N) is 2. The van der Waals surface area contributed by atoms with Crippen LogP contribution in [0, 0.1) is 5.41 Å². The standard InChI is InChI=1S/C33H38N8O3.C2HF3O2.CHF3.CH2O2/c1-21(2)40-31-33(44)41(20-29(42)38-18-23-10-12-24(13-11-23)30(35)36)28(19-39-31)25-15-26(17-27(34)16-25)32(43)37-14-6-9-22-7-4-3-5-8-22;3-2(4,5)1(6)7;2-1(3)4;2-1-3/h3-5,7-8,10-13,15-17,19,21H,6,9,14,18,20,34H2,1-2H3,(H3,35,36)(H,37,43)(H,38,42)(H,39,40);(H,6,7);1H;1H,(H,2,3). The summed E-state index contributed by atoms with van der Waals surface area (Å²) >= 11 is 0. The van der Waals surface area contributed by atoms with E-state index >= 15 is 0 Å². The number of nitrogen functional groups attached to an aromatic ring is 2. The number of benzene rings is 3. The van der Waals surface area contributed by atoms with Crippen LogP contribution < -0.4 is 33.0 Å². The predicted molar refractivity (Wildman–Crippen MR) is 203 cm³/mol. The van der Waals surface area contributed by atoms with Crippen LogP contribution in [0.1, 0.15) is 47.3 Å². The Labute approximate surface area is 327 Å². The Morgan fingerprint density at radius 1 is 0.948 bits per heavy atom. The van der Waals surface area contributed by atoms with E-state index in [1.165, 1.54) is 16.3 Å². The zero-order valence-electron chi connectivity index (χ0n) is 31.0. The topological polar surface area (TPSA) is 256 Å². The highest BCUT2D eigenvalue weighted by Gasteiger charge is 2.38. The lowest BCUT2D eigenvalue weighted by molar-refractivity contribution is -0.192. The number of aryl methyl sites for hydroxylation is 1. The van der Waals surface area contributed by atoms with E-state index in [9.17, 15) is 40.7 Å². The van der Waals surface area contributed by atoms with Crippen LogP contribution in [-0.4, -0.2) is 75.3 Å². The van der Waals surface area contributed by atoms with Crippen LogP contribution in [0.15, 0.2) is 83.8 Å². The van der Waals surface area contributed by atoms with Gasteiger partial charge in [0, 0.05) is 41.5 Å². The van der Waals surface area contributed by atoms with Gasteiger partial charge in [-0.25, -0.2) is 9.78 Å². The second kappa shape index (κ2) is 24.6. The summed E-state index contributed by atoms with van der Waals surface area (Å²) < 4.78 is 62.1. The van der Waals surface area contributed by atoms with E-state index in [2.05, 4.69) is 33.1 Å². The molecule has 0 radical (unpaired) electrons. The third kappa shape index (κ3) is 18.6. The molecular weight excluding hydrogens is 782 g/mol. The van der Waals surface area contributed by atoms with E-state index in [4.69, 9.17) is 36.7 Å². The van der Waals surface area contributed by atoms with Crippen molar-refractivity contribution in [2.75, 3.05) is 17.6 Å². The van der Waals surface area contributed by atoms with E-state index < -0.39 is 30.3 Å². The van der Waals surface area contributed by atoms with Crippen molar-refractivity contribution < 1.29 is 55.7 Å². The number of nitrogens with two attached hydrogens (primary N) is 2. The lowest BCUT2D eigenvalue weighted by Crippen LogP contribution is -2.35. The first-order valence-electron chi connectivity index (χ1n) is 16.8. The zero-order valence-corrected chi connectivity index (χ0v) is 31.0. The largest absolute Gasteiger partial charge is 0.490 e. The van der Waals surface area contributed by atoms with Crippen LogP contribution in [0.5, 0.6) is 0 Å². The molecule has 0 aliphatic rings. The van der Waals surface area contributed by atoms with Crippen molar-refractivity contribution in [1.29, 1.82) is 5.41 Å². The van der Waals surface area contributed by atoms with Crippen LogP contribution in [0.4, 0.5) is 37.8 Å². The lowest BCUT2D eigenvalue weighted by Gasteiger charge is -2.17. The smallest absolute Gasteiger partial charge is 0.483 e. The van der Waals surface area contributed by atoms with Crippen molar-refractivity contribution in [3.63, 3.8) is 0 Å². The molecule has 15 nitrogen and oxygen atoms in total. The number of aliphatic carboxylic acids is 1. The van der Waals surface area contributed by atoms with Gasteiger partial charge in [-0.1, -0.05) is 54.6 Å². The minimum absolute atomic E-state index is 0.0405. The third-order valence-corrected chi connectivity index (χ3v) is 7.06. The number of carboxylic acid groups (broad SMARTS) is 2. The molecule has 0 fully saturated rings. The van der Waals surface area contributed by atoms with E-state index in [1.807, 2.05) is 32.0 Å². The van der Waals surface area contributed by atoms with E-state index in [0.717, 1.165) is 18.4 Å². The van der Waals surface area contributed by atoms with Gasteiger partial charge in [0.05, 0.1) is 11.9 Å². The molecule has 1 heterocycles. The van der Waals surface area contributed by atoms with Crippen molar-refractivity contribution >= 4 is 41.6 Å². The monoisotopic (exact) mass is 824 g/mol. The van der Waals surface area contributed by atoms with Crippen molar-refractivity contribution in [3.8, 4) is 11.3 Å². The fourth-order valence-electron chi connectivity index (χ4n) is 4.62. The summed E-state index contributed by atoms with van der Waals surface area (Å²) in [6.07, 6.45) is -1.98. The average molecular weight is 825 g/mol. The SMILES string of the molecule is CC(C)Nc1ncc(-c2cc(N)cc(C(=O)NCCCc3ccccc3)c2)n(CC(=O)NCc2ccc(C(=N)N)cc2)c1=O.FC(F)F.O=C(O)C(F)(F)F.O=CO. The summed E-state index contributed by atoms with van der Waals surface area (Å²) in [6, 6.07) is 21.8. The summed E-state index contributed by atoms with van der Waals surface area (Å²) in [7, 11) is 0. The predicted octanol–water partition coefficient (Wildman–Crippen LogP) is 4.79. The van der Waals surface area contributed by atoms with Crippen LogP contribution in [0.25, 0.3) is 11.3 Å². The van der Waals surface area contributed by atoms with Gasteiger partial charge in [0.15, 0.2) is 5.82 Å². The Bertz CT molecular complexity index is 2010. The van der Waals surface area contributed by atoms with Gasteiger partial charge in [-0.05, 0) is 56.0 Å². The Morgan fingerprint density at radius 2 is 1.52 bits per heavy atom. The van der Waals surface area contributed by atoms with Gasteiger partial charge in [-0.2, -0.15) is 26.3 Å². The van der Waals surface area contributed by atoms with E-state index in [1.54, 1.807) is 42.5 Å². The molecule has 0 bridgehead atoms. The van der Waals surface area contributed by atoms with E-state index in [-0.39, 0.29) is 43.2 Å². The van der Waals surface area contributed by atoms with E-state index in [0.29, 0.717) is 34.6 Å². The van der Waals surface area contributed by atoms with Crippen LogP contribution >= 0.6 is 0 Å². The minimum Gasteiger partial charge on any atom is -0.483 e. The molecule has 0 saturated heterocycles. The zero-order chi connectivity index (χ0) is 44.0. The Hall–Kier alpha value is -6.93. The fraction of sp³-hybridized carbons (Fsp3) is 0.270. The number of hydrogen-bond acceptors (Lipinski definition) is 9. The molecule has 10 N–H and O–H groups in total. The molecule has 4 aromatic rings. The maximum Gasteiger partial charge on any atom is 0.490 e. The normalized spacial score (nSPS) is 10.4. The van der Waals surface area contributed by atoms with Crippen molar-refractivity contribution in [2.45, 2.75) is 58.7 Å². The Kier molecular flexibility index (Phi) is 20.8. The van der Waals surface area contributed by atoms with Crippen LogP contribution in [0.3, 0.4) is 0 Å². The van der Waals surface area contributed by atoms with Crippen molar-refractivity contribution in [1.82, 2.24) is 20.2 Å². The summed E-state index contributed by atoms with van der Waals surface area (Å²) in [5, 5.41) is 30.3. The summed E-state index contributed by atoms with van der Waals surface area (Å²) in [4.78, 5) is 61.2. The molecular formula is C37H42F6N8O7. The first-order chi connectivity index (χ1) is 27.2. The number of alkyl halides is 6. The van der Waals surface area contributed by atoms with Gasteiger partial charge in [0.1, 0.15) is 12.4 Å². The molecule has 0 aliphatic carbocycles. The highest BCUT2D eigenvalue weighted by molar-refractivity contribution is 5.96. The van der Waals surface area contributed by atoms with Gasteiger partial charge in [-0.15, -0.1) is 0 Å². The number of carbonyl (C=O) groups is 4. The van der Waals surface area contributed by atoms with Gasteiger partial charge in [-0.3, -0.25) is 29.2 Å². The number of amides is 2. The Morgan fingerprint density at radius 3 is 2.03 bits per heavy atom. The number of rotatable bonds is 13. The van der Waals surface area contributed by atoms with Gasteiger partial charge in [0.2, 0.25) is 5.91 Å². The molecule has 0 spiro atoms. The number of carbonyl (C=O) groups excluding carboxylic acids is 2. The van der Waals surface area contributed by atoms with Crippen LogP contribution in [-0.2, 0) is 33.9 Å². The number of amidine groups is 1. The highest BCUT2D eigenvalue weighted by atomic mass is 19.4. The maximum absolute atomic E-state index is 13.5. The third-order valence-electron chi connectivity index (χ3n) is 7.06. The molecule has 0 saturated carbocycles. The number of nitrogens with one attached hydrogen (secondary N) is 4. The van der Waals surface area contributed by atoms with Gasteiger partial charge >= 0.3 is 18.8 Å². The van der Waals surface area contributed by atoms with Gasteiger partial charge < -0.3 is 37.6 Å². The quantitative estimate of drug-likeness (QED) is 0.0227. The second-order valence-electron chi connectivity index (χ2n) is 11.9. The number of carboxylic acids is 1. The Balaban J connectivity index is 0.00000103. The van der Waals surface area contributed by atoms with Gasteiger partial charge in [0.25, 0.3) is 17.9 Å². The number of halogens is 6. The average Bonchev–Trinajstić information content (AvgIpc) is 3.14. The molecule has 0 unspecified atom stereocenters. The first-order valence-corrected chi connectivity index (χ1v) is 16.8. The number of anilines is 2. The second-order valence-corrected chi connectivity index (χ2v) is 11.9. The molecule has 4 rings (SSSR count). The summed E-state index contributed by atoms with van der Waals surface area (Å²) in [5.41, 5.74) is 15.3. The molecule has 1 aromatic heterocycles. The lowest BCUT2D eigenvalue weighted by atomic mass is 10.1. The number of aromatic nitrogens is 2. The maximum atomic E-state index is 13.5. The molecule has 0 atom stereocenters. The van der Waals surface area contributed by atoms with Crippen LogP contribution in [0.2, 0.25) is 0 Å². The minimum atomic E-state index is -5.08. The number of hydrogen-bond donors (Lipinski definition) is 8. The molecule has 3 aromatic carbocycles. The fourth-order valence-corrected chi connectivity index (χ4v) is 4.62. The molecule has 0 aliphatic heterocycles. The summed E-state index contributed by atoms with van der Waals surface area (Å²) in [6.45, 7) is 0.260. The van der Waals surface area contributed by atoms with Crippen molar-refractivity contribution in [3.05, 3.63) is 112 Å². The summed E-state index contributed by atoms with van der Waals surface area (Å²) in [5.74, 6) is -3.38. The van der Waals surface area contributed by atoms with Crippen molar-refractivity contribution in [2.24, 2.45) is 5.73 Å². The molecule has 58 heavy (non-hydrogen) atoms. The molecule has 21 heteroatoms. The molecule has 314 valence electrons. The first kappa shape index (κ1) is 49.1.